The van der Waals surface area contributed by atoms with Crippen LogP contribution in [0.1, 0.15) is 24.2 Å². The number of amides is 1. The first-order valence-corrected chi connectivity index (χ1v) is 8.09. The minimum atomic E-state index is -3.29. The number of nitrogens with two attached hydrogens (primary N) is 1. The van der Waals surface area contributed by atoms with E-state index in [-0.39, 0.29) is 12.1 Å². The average Bonchev–Trinajstić information content (AvgIpc) is 2.34. The number of hydrogen-bond donors (Lipinski definition) is 3. The lowest BCUT2D eigenvalue weighted by Gasteiger charge is -2.23. The molecular formula is C12H18ClN3O3S. The van der Waals surface area contributed by atoms with E-state index in [1.807, 2.05) is 0 Å². The summed E-state index contributed by atoms with van der Waals surface area (Å²) in [5.74, 6) is 4.87. The number of anilines is 1. The van der Waals surface area contributed by atoms with Crippen LogP contribution >= 0.6 is 11.6 Å². The molecule has 1 rings (SSSR count). The van der Waals surface area contributed by atoms with Crippen LogP contribution in [0.3, 0.4) is 0 Å². The van der Waals surface area contributed by atoms with Gasteiger partial charge in [-0.15, -0.1) is 0 Å². The Hall–Kier alpha value is -1.31. The van der Waals surface area contributed by atoms with Crippen LogP contribution in [0.2, 0.25) is 5.02 Å². The zero-order valence-electron chi connectivity index (χ0n) is 11.5. The molecule has 1 aromatic rings. The van der Waals surface area contributed by atoms with E-state index in [4.69, 9.17) is 17.4 Å². The van der Waals surface area contributed by atoms with E-state index in [1.165, 1.54) is 6.07 Å². The summed E-state index contributed by atoms with van der Waals surface area (Å²) in [6, 6.07) is 4.62. The van der Waals surface area contributed by atoms with Gasteiger partial charge in [0, 0.05) is 17.8 Å². The molecule has 4 N–H and O–H groups in total. The Kier molecular flexibility index (Phi) is 5.01. The predicted octanol–water partition coefficient (Wildman–Crippen LogP) is 1.18. The molecule has 0 radical (unpaired) electrons. The van der Waals surface area contributed by atoms with Gasteiger partial charge in [0.25, 0.3) is 5.91 Å². The smallest absolute Gasteiger partial charge is 0.253 e. The molecule has 0 atom stereocenters. The Morgan fingerprint density at radius 1 is 1.40 bits per heavy atom. The highest BCUT2D eigenvalue weighted by Gasteiger charge is 2.30. The van der Waals surface area contributed by atoms with Gasteiger partial charge < -0.3 is 10.7 Å². The SMILES string of the molecule is CC(C)(CNC(=O)c1cc(Cl)ccc1NN)S(C)(=O)=O. The first-order chi connectivity index (χ1) is 9.08. The monoisotopic (exact) mass is 319 g/mol. The summed E-state index contributed by atoms with van der Waals surface area (Å²) in [5, 5.41) is 2.96. The van der Waals surface area contributed by atoms with Crippen molar-refractivity contribution in [3.63, 3.8) is 0 Å². The molecule has 1 aromatic carbocycles. The number of carbonyl (C=O) groups excluding carboxylic acids is 1. The molecule has 0 saturated heterocycles. The Morgan fingerprint density at radius 3 is 2.50 bits per heavy atom. The summed E-state index contributed by atoms with van der Waals surface area (Å²) in [6.07, 6.45) is 1.13. The normalized spacial score (nSPS) is 12.1. The van der Waals surface area contributed by atoms with E-state index in [9.17, 15) is 13.2 Å². The number of sulfone groups is 1. The molecule has 0 fully saturated rings. The van der Waals surface area contributed by atoms with Crippen LogP contribution in [0.25, 0.3) is 0 Å². The van der Waals surface area contributed by atoms with Crippen LogP contribution in [0.5, 0.6) is 0 Å². The minimum Gasteiger partial charge on any atom is -0.350 e. The molecule has 20 heavy (non-hydrogen) atoms. The standard InChI is InChI=1S/C12H18ClN3O3S/c1-12(2,20(3,18)19)7-15-11(17)9-6-8(13)4-5-10(9)16-14/h4-6,16H,7,14H2,1-3H3,(H,15,17). The molecule has 0 unspecified atom stereocenters. The molecule has 0 aliphatic carbocycles. The van der Waals surface area contributed by atoms with Crippen molar-refractivity contribution in [2.24, 2.45) is 5.84 Å². The molecule has 6 nitrogen and oxygen atoms in total. The number of carbonyl (C=O) groups is 1. The summed E-state index contributed by atoms with van der Waals surface area (Å²) in [4.78, 5) is 12.1. The van der Waals surface area contributed by atoms with Gasteiger partial charge in [0.05, 0.1) is 16.0 Å². The van der Waals surface area contributed by atoms with E-state index < -0.39 is 20.5 Å². The maximum Gasteiger partial charge on any atom is 0.253 e. The second kappa shape index (κ2) is 5.99. The van der Waals surface area contributed by atoms with Gasteiger partial charge in [0.15, 0.2) is 9.84 Å². The number of nitrogens with one attached hydrogen (secondary N) is 2. The van der Waals surface area contributed by atoms with Crippen LogP contribution in [-0.4, -0.2) is 31.9 Å². The molecule has 0 heterocycles. The van der Waals surface area contributed by atoms with Crippen molar-refractivity contribution in [2.45, 2.75) is 18.6 Å². The van der Waals surface area contributed by atoms with E-state index in [0.29, 0.717) is 10.7 Å². The third kappa shape index (κ3) is 3.84. The molecule has 0 spiro atoms. The highest BCUT2D eigenvalue weighted by Crippen LogP contribution is 2.20. The van der Waals surface area contributed by atoms with Crippen LogP contribution in [0.4, 0.5) is 5.69 Å². The quantitative estimate of drug-likeness (QED) is 0.559. The van der Waals surface area contributed by atoms with E-state index in [2.05, 4.69) is 10.7 Å². The predicted molar refractivity (Wildman–Crippen MR) is 80.5 cm³/mol. The summed E-state index contributed by atoms with van der Waals surface area (Å²) < 4.78 is 22.1. The number of benzene rings is 1. The van der Waals surface area contributed by atoms with Crippen molar-refractivity contribution >= 4 is 33.0 Å². The average molecular weight is 320 g/mol. The molecule has 0 bridgehead atoms. The lowest BCUT2D eigenvalue weighted by atomic mass is 10.1. The summed E-state index contributed by atoms with van der Waals surface area (Å²) in [6.45, 7) is 3.08. The van der Waals surface area contributed by atoms with Crippen LogP contribution < -0.4 is 16.6 Å². The van der Waals surface area contributed by atoms with Crippen LogP contribution in [0, 0.1) is 0 Å². The number of nitrogen functional groups attached to an aromatic ring is 1. The molecule has 0 aromatic heterocycles. The van der Waals surface area contributed by atoms with Crippen molar-refractivity contribution in [3.8, 4) is 0 Å². The Labute approximate surface area is 123 Å². The van der Waals surface area contributed by atoms with Crippen molar-refractivity contribution < 1.29 is 13.2 Å². The van der Waals surface area contributed by atoms with Gasteiger partial charge in [0.1, 0.15) is 0 Å². The fourth-order valence-electron chi connectivity index (χ4n) is 1.35. The van der Waals surface area contributed by atoms with Gasteiger partial charge in [-0.3, -0.25) is 10.6 Å². The lowest BCUT2D eigenvalue weighted by molar-refractivity contribution is 0.0951. The van der Waals surface area contributed by atoms with Crippen molar-refractivity contribution in [3.05, 3.63) is 28.8 Å². The largest absolute Gasteiger partial charge is 0.350 e. The highest BCUT2D eigenvalue weighted by molar-refractivity contribution is 7.92. The second-order valence-electron chi connectivity index (χ2n) is 5.05. The fraction of sp³-hybridized carbons (Fsp3) is 0.417. The van der Waals surface area contributed by atoms with E-state index in [0.717, 1.165) is 6.26 Å². The molecule has 0 aliphatic rings. The van der Waals surface area contributed by atoms with Crippen molar-refractivity contribution in [1.82, 2.24) is 5.32 Å². The zero-order chi connectivity index (χ0) is 15.6. The Morgan fingerprint density at radius 2 is 2.00 bits per heavy atom. The maximum atomic E-state index is 12.1. The lowest BCUT2D eigenvalue weighted by Crippen LogP contribution is -2.43. The zero-order valence-corrected chi connectivity index (χ0v) is 13.1. The van der Waals surface area contributed by atoms with Gasteiger partial charge in [-0.25, -0.2) is 8.42 Å². The van der Waals surface area contributed by atoms with Gasteiger partial charge in [-0.1, -0.05) is 11.6 Å². The highest BCUT2D eigenvalue weighted by atomic mass is 35.5. The number of rotatable bonds is 5. The van der Waals surface area contributed by atoms with Gasteiger partial charge in [0.2, 0.25) is 0 Å². The third-order valence-corrected chi connectivity index (χ3v) is 5.45. The number of halogens is 1. The van der Waals surface area contributed by atoms with Crippen molar-refractivity contribution in [1.29, 1.82) is 0 Å². The number of hydrazine groups is 1. The molecule has 112 valence electrons. The maximum absolute atomic E-state index is 12.1. The van der Waals surface area contributed by atoms with Crippen LogP contribution in [-0.2, 0) is 9.84 Å². The molecule has 1 amide bonds. The number of hydrogen-bond acceptors (Lipinski definition) is 5. The Bertz CT molecular complexity index is 614. The molecular weight excluding hydrogens is 302 g/mol. The molecule has 0 aliphatic heterocycles. The van der Waals surface area contributed by atoms with Crippen LogP contribution in [0.15, 0.2) is 18.2 Å². The molecule has 8 heteroatoms. The van der Waals surface area contributed by atoms with Gasteiger partial charge in [-0.05, 0) is 32.0 Å². The van der Waals surface area contributed by atoms with Gasteiger partial charge in [-0.2, -0.15) is 0 Å². The van der Waals surface area contributed by atoms with Crippen molar-refractivity contribution in [2.75, 3.05) is 18.2 Å². The van der Waals surface area contributed by atoms with Gasteiger partial charge >= 0.3 is 0 Å². The third-order valence-electron chi connectivity index (χ3n) is 3.06. The summed E-state index contributed by atoms with van der Waals surface area (Å²) in [5.41, 5.74) is 3.05. The summed E-state index contributed by atoms with van der Waals surface area (Å²) in [7, 11) is -3.29. The topological polar surface area (TPSA) is 101 Å². The second-order valence-corrected chi connectivity index (χ2v) is 8.13. The summed E-state index contributed by atoms with van der Waals surface area (Å²) >= 11 is 5.84. The fourth-order valence-corrected chi connectivity index (χ4v) is 1.86. The molecule has 0 saturated carbocycles. The Balaban J connectivity index is 2.91. The first-order valence-electron chi connectivity index (χ1n) is 5.82. The van der Waals surface area contributed by atoms with E-state index >= 15 is 0 Å². The van der Waals surface area contributed by atoms with E-state index in [1.54, 1.807) is 26.0 Å². The minimum absolute atomic E-state index is 0.0127. The first kappa shape index (κ1) is 16.7.